The van der Waals surface area contributed by atoms with Crippen LogP contribution in [0, 0.1) is 0 Å². The average Bonchev–Trinajstić information content (AvgIpc) is 2.90. The van der Waals surface area contributed by atoms with Crippen molar-refractivity contribution in [2.24, 2.45) is 5.10 Å². The number of carbonyl (C=O) groups is 1. The van der Waals surface area contributed by atoms with Gasteiger partial charge in [-0.3, -0.25) is 4.79 Å². The Balaban J connectivity index is 2.06. The Labute approximate surface area is 114 Å². The van der Waals surface area contributed by atoms with E-state index in [4.69, 9.17) is 4.74 Å². The lowest BCUT2D eigenvalue weighted by molar-refractivity contribution is -0.130. The highest BCUT2D eigenvalue weighted by Gasteiger charge is 2.20. The standard InChI is InChI=1S/C15H20N2O2/c1-3-5-15(18)17-11-10-14(16-17)12-6-8-13(9-7-12)19-4-2/h6-9H,3-5,10-11H2,1-2H3. The third-order valence-electron chi connectivity index (χ3n) is 3.05. The van der Waals surface area contributed by atoms with Crippen LogP contribution in [0.15, 0.2) is 29.4 Å². The number of hydrazone groups is 1. The summed E-state index contributed by atoms with van der Waals surface area (Å²) in [6.45, 7) is 5.33. The zero-order valence-electron chi connectivity index (χ0n) is 11.6. The lowest BCUT2D eigenvalue weighted by atomic mass is 10.1. The van der Waals surface area contributed by atoms with Crippen LogP contribution in [0.2, 0.25) is 0 Å². The van der Waals surface area contributed by atoms with Crippen LogP contribution in [0.4, 0.5) is 0 Å². The van der Waals surface area contributed by atoms with Crippen LogP contribution in [0.5, 0.6) is 5.75 Å². The average molecular weight is 260 g/mol. The molecular formula is C15H20N2O2. The van der Waals surface area contributed by atoms with Gasteiger partial charge in [-0.15, -0.1) is 0 Å². The van der Waals surface area contributed by atoms with Gasteiger partial charge in [-0.05, 0) is 43.2 Å². The molecule has 1 aliphatic heterocycles. The van der Waals surface area contributed by atoms with Gasteiger partial charge in [0.1, 0.15) is 5.75 Å². The third kappa shape index (κ3) is 3.34. The zero-order valence-corrected chi connectivity index (χ0v) is 11.6. The topological polar surface area (TPSA) is 41.9 Å². The van der Waals surface area contributed by atoms with Crippen molar-refractivity contribution >= 4 is 11.6 Å². The maximum atomic E-state index is 11.8. The molecule has 0 unspecified atom stereocenters. The van der Waals surface area contributed by atoms with E-state index in [1.54, 1.807) is 5.01 Å². The third-order valence-corrected chi connectivity index (χ3v) is 3.05. The number of ether oxygens (including phenoxy) is 1. The highest BCUT2D eigenvalue weighted by Crippen LogP contribution is 2.18. The summed E-state index contributed by atoms with van der Waals surface area (Å²) < 4.78 is 5.41. The zero-order chi connectivity index (χ0) is 13.7. The Kier molecular flexibility index (Phi) is 4.55. The van der Waals surface area contributed by atoms with Crippen molar-refractivity contribution in [3.8, 4) is 5.75 Å². The predicted molar refractivity (Wildman–Crippen MR) is 75.4 cm³/mol. The van der Waals surface area contributed by atoms with Gasteiger partial charge in [0.15, 0.2) is 0 Å². The van der Waals surface area contributed by atoms with Crippen molar-refractivity contribution in [2.75, 3.05) is 13.2 Å². The Morgan fingerprint density at radius 1 is 1.32 bits per heavy atom. The molecule has 1 aromatic carbocycles. The highest BCUT2D eigenvalue weighted by atomic mass is 16.5. The molecule has 19 heavy (non-hydrogen) atoms. The smallest absolute Gasteiger partial charge is 0.242 e. The molecule has 0 saturated heterocycles. The van der Waals surface area contributed by atoms with Crippen LogP contribution >= 0.6 is 0 Å². The fourth-order valence-electron chi connectivity index (χ4n) is 2.09. The molecule has 4 nitrogen and oxygen atoms in total. The molecule has 0 fully saturated rings. The Morgan fingerprint density at radius 3 is 2.68 bits per heavy atom. The molecule has 102 valence electrons. The normalized spacial score (nSPS) is 14.4. The first-order chi connectivity index (χ1) is 9.24. The summed E-state index contributed by atoms with van der Waals surface area (Å²) in [5.74, 6) is 0.979. The van der Waals surface area contributed by atoms with Crippen LogP contribution in [-0.2, 0) is 4.79 Å². The molecule has 4 heteroatoms. The summed E-state index contributed by atoms with van der Waals surface area (Å²) in [5.41, 5.74) is 2.04. The number of nitrogens with zero attached hydrogens (tertiary/aromatic N) is 2. The lowest BCUT2D eigenvalue weighted by Gasteiger charge is -2.09. The van der Waals surface area contributed by atoms with Crippen LogP contribution < -0.4 is 4.74 Å². The first-order valence-corrected chi connectivity index (χ1v) is 6.85. The molecule has 0 atom stereocenters. The molecular weight excluding hydrogens is 240 g/mol. The number of amides is 1. The predicted octanol–water partition coefficient (Wildman–Crippen LogP) is 2.82. The fourth-order valence-corrected chi connectivity index (χ4v) is 2.09. The van der Waals surface area contributed by atoms with Crippen molar-refractivity contribution in [3.63, 3.8) is 0 Å². The van der Waals surface area contributed by atoms with Gasteiger partial charge >= 0.3 is 0 Å². The van der Waals surface area contributed by atoms with Crippen molar-refractivity contribution in [1.29, 1.82) is 0 Å². The van der Waals surface area contributed by atoms with E-state index >= 15 is 0 Å². The maximum Gasteiger partial charge on any atom is 0.242 e. The summed E-state index contributed by atoms with van der Waals surface area (Å²) in [6.07, 6.45) is 2.26. The molecule has 0 bridgehead atoms. The van der Waals surface area contributed by atoms with Crippen LogP contribution in [0.1, 0.15) is 38.7 Å². The monoisotopic (exact) mass is 260 g/mol. The van der Waals surface area contributed by atoms with E-state index < -0.39 is 0 Å². The molecule has 1 aliphatic rings. The maximum absolute atomic E-state index is 11.8. The van der Waals surface area contributed by atoms with Gasteiger partial charge in [0, 0.05) is 12.8 Å². The van der Waals surface area contributed by atoms with Gasteiger partial charge in [-0.25, -0.2) is 5.01 Å². The molecule has 0 aliphatic carbocycles. The Bertz CT molecular complexity index is 466. The minimum atomic E-state index is 0.114. The fraction of sp³-hybridized carbons (Fsp3) is 0.467. The van der Waals surface area contributed by atoms with Gasteiger partial charge in [0.05, 0.1) is 18.9 Å². The minimum Gasteiger partial charge on any atom is -0.494 e. The van der Waals surface area contributed by atoms with Gasteiger partial charge in [0.25, 0.3) is 0 Å². The second-order valence-corrected chi connectivity index (χ2v) is 4.52. The second-order valence-electron chi connectivity index (χ2n) is 4.52. The molecule has 1 amide bonds. The van der Waals surface area contributed by atoms with Gasteiger partial charge in [0.2, 0.25) is 5.91 Å². The van der Waals surface area contributed by atoms with E-state index in [2.05, 4.69) is 5.10 Å². The number of benzene rings is 1. The molecule has 0 radical (unpaired) electrons. The number of rotatable bonds is 5. The van der Waals surface area contributed by atoms with E-state index in [-0.39, 0.29) is 5.91 Å². The van der Waals surface area contributed by atoms with Crippen LogP contribution in [0.25, 0.3) is 0 Å². The van der Waals surface area contributed by atoms with Crippen molar-refractivity contribution in [1.82, 2.24) is 5.01 Å². The van der Waals surface area contributed by atoms with Crippen LogP contribution in [-0.4, -0.2) is 29.8 Å². The van der Waals surface area contributed by atoms with Gasteiger partial charge in [-0.1, -0.05) is 6.92 Å². The number of carbonyl (C=O) groups excluding carboxylic acids is 1. The summed E-state index contributed by atoms with van der Waals surface area (Å²) in [7, 11) is 0. The summed E-state index contributed by atoms with van der Waals surface area (Å²) in [4.78, 5) is 11.8. The van der Waals surface area contributed by atoms with E-state index in [0.717, 1.165) is 29.9 Å². The van der Waals surface area contributed by atoms with Crippen molar-refractivity contribution in [3.05, 3.63) is 29.8 Å². The summed E-state index contributed by atoms with van der Waals surface area (Å²) in [6, 6.07) is 7.88. The van der Waals surface area contributed by atoms with E-state index in [0.29, 0.717) is 19.6 Å². The SMILES string of the molecule is CCCC(=O)N1CCC(c2ccc(OCC)cc2)=N1. The van der Waals surface area contributed by atoms with E-state index in [9.17, 15) is 4.79 Å². The summed E-state index contributed by atoms with van der Waals surface area (Å²) >= 11 is 0. The molecule has 0 spiro atoms. The number of hydrogen-bond acceptors (Lipinski definition) is 3. The molecule has 0 saturated carbocycles. The first kappa shape index (κ1) is 13.6. The first-order valence-electron chi connectivity index (χ1n) is 6.85. The second kappa shape index (κ2) is 6.36. The molecule has 0 aromatic heterocycles. The van der Waals surface area contributed by atoms with Crippen LogP contribution in [0.3, 0.4) is 0 Å². The lowest BCUT2D eigenvalue weighted by Crippen LogP contribution is -2.22. The van der Waals surface area contributed by atoms with E-state index in [1.807, 2.05) is 38.1 Å². The molecule has 0 N–H and O–H groups in total. The quantitative estimate of drug-likeness (QED) is 0.817. The summed E-state index contributed by atoms with van der Waals surface area (Å²) in [5, 5.41) is 6.00. The van der Waals surface area contributed by atoms with E-state index in [1.165, 1.54) is 0 Å². The Morgan fingerprint density at radius 2 is 2.05 bits per heavy atom. The van der Waals surface area contributed by atoms with Crippen molar-refractivity contribution < 1.29 is 9.53 Å². The number of hydrogen-bond donors (Lipinski definition) is 0. The molecule has 1 heterocycles. The van der Waals surface area contributed by atoms with Gasteiger partial charge < -0.3 is 4.74 Å². The highest BCUT2D eigenvalue weighted by molar-refractivity contribution is 6.02. The largest absolute Gasteiger partial charge is 0.494 e. The molecule has 2 rings (SSSR count). The van der Waals surface area contributed by atoms with Gasteiger partial charge in [-0.2, -0.15) is 5.10 Å². The molecule has 1 aromatic rings. The minimum absolute atomic E-state index is 0.114. The van der Waals surface area contributed by atoms with Crippen molar-refractivity contribution in [2.45, 2.75) is 33.1 Å². The Hall–Kier alpha value is -1.84.